The van der Waals surface area contributed by atoms with Crippen molar-refractivity contribution in [2.45, 2.75) is 19.8 Å². The number of benzene rings is 1. The molecule has 0 radical (unpaired) electrons. The zero-order valence-electron chi connectivity index (χ0n) is 9.51. The van der Waals surface area contributed by atoms with Gasteiger partial charge in [-0.3, -0.25) is 4.90 Å². The maximum atomic E-state index is 11.3. The molecule has 0 aliphatic rings. The van der Waals surface area contributed by atoms with Gasteiger partial charge < -0.3 is 5.11 Å². The summed E-state index contributed by atoms with van der Waals surface area (Å²) in [6.07, 6.45) is 0.713. The first-order valence-electron chi connectivity index (χ1n) is 5.23. The fourth-order valence-corrected chi connectivity index (χ4v) is 4.12. The lowest BCUT2D eigenvalue weighted by atomic mass is 10.2. The van der Waals surface area contributed by atoms with E-state index in [0.29, 0.717) is 30.7 Å². The third-order valence-electron chi connectivity index (χ3n) is 2.33. The van der Waals surface area contributed by atoms with Crippen molar-refractivity contribution in [3.63, 3.8) is 0 Å². The van der Waals surface area contributed by atoms with E-state index in [9.17, 15) is 9.90 Å². The van der Waals surface area contributed by atoms with E-state index in [1.807, 2.05) is 6.92 Å². The van der Waals surface area contributed by atoms with Gasteiger partial charge in [0.15, 0.2) is 0 Å². The van der Waals surface area contributed by atoms with Crippen molar-refractivity contribution in [2.75, 3.05) is 11.4 Å². The van der Waals surface area contributed by atoms with Crippen LogP contribution in [-0.2, 0) is 0 Å². The normalized spacial score (nSPS) is 10.5. The van der Waals surface area contributed by atoms with Crippen molar-refractivity contribution in [2.24, 2.45) is 0 Å². The van der Waals surface area contributed by atoms with E-state index >= 15 is 0 Å². The number of carboxylic acid groups (broad SMARTS) is 1. The van der Waals surface area contributed by atoms with E-state index in [1.165, 1.54) is 4.90 Å². The van der Waals surface area contributed by atoms with E-state index in [4.69, 9.17) is 11.6 Å². The smallest absolute Gasteiger partial charge is 0.411 e. The highest BCUT2D eigenvalue weighted by atomic mass is 79.9. The average molecular weight is 464 g/mol. The Balaban J connectivity index is 3.28. The molecule has 18 heavy (non-hydrogen) atoms. The van der Waals surface area contributed by atoms with E-state index in [-0.39, 0.29) is 0 Å². The van der Waals surface area contributed by atoms with Crippen LogP contribution in [0.2, 0.25) is 5.02 Å². The predicted octanol–water partition coefficient (Wildman–Crippen LogP) is 5.91. The minimum absolute atomic E-state index is 0.432. The van der Waals surface area contributed by atoms with Crippen LogP contribution in [0.25, 0.3) is 0 Å². The number of nitrogens with zero attached hydrogens (tertiary/aromatic N) is 1. The molecule has 1 amide bonds. The van der Waals surface area contributed by atoms with Gasteiger partial charge in [-0.1, -0.05) is 24.9 Å². The van der Waals surface area contributed by atoms with Crippen LogP contribution in [0.15, 0.2) is 19.5 Å². The van der Waals surface area contributed by atoms with Crippen molar-refractivity contribution in [3.05, 3.63) is 24.5 Å². The van der Waals surface area contributed by atoms with Crippen LogP contribution in [0.1, 0.15) is 19.8 Å². The van der Waals surface area contributed by atoms with Gasteiger partial charge in [0.1, 0.15) is 0 Å². The molecule has 0 unspecified atom stereocenters. The molecule has 100 valence electrons. The second-order valence-corrected chi connectivity index (χ2v) is 6.48. The van der Waals surface area contributed by atoms with Gasteiger partial charge in [0.05, 0.1) is 15.2 Å². The molecule has 0 aliphatic carbocycles. The molecular weight excluding hydrogens is 453 g/mol. The monoisotopic (exact) mass is 461 g/mol. The molecule has 0 spiro atoms. The van der Waals surface area contributed by atoms with E-state index < -0.39 is 6.09 Å². The summed E-state index contributed by atoms with van der Waals surface area (Å²) in [6.45, 7) is 2.44. The molecule has 0 saturated carbocycles. The number of amides is 1. The molecular formula is C11H11Br3ClNO2. The Bertz CT molecular complexity index is 468. The topological polar surface area (TPSA) is 40.5 Å². The molecule has 1 rings (SSSR count). The SMILES string of the molecule is CCCCN(C(=O)O)c1c(Br)cc(Br)c(Cl)c1Br. The Morgan fingerprint density at radius 3 is 2.50 bits per heavy atom. The average Bonchev–Trinajstić information content (AvgIpc) is 2.30. The number of halogens is 4. The fourth-order valence-electron chi connectivity index (χ4n) is 1.42. The maximum absolute atomic E-state index is 11.3. The molecule has 0 bridgehead atoms. The summed E-state index contributed by atoms with van der Waals surface area (Å²) in [5.41, 5.74) is 0.532. The maximum Gasteiger partial charge on any atom is 0.411 e. The van der Waals surface area contributed by atoms with Gasteiger partial charge >= 0.3 is 6.09 Å². The predicted molar refractivity (Wildman–Crippen MR) is 84.8 cm³/mol. The van der Waals surface area contributed by atoms with Gasteiger partial charge in [0.2, 0.25) is 0 Å². The van der Waals surface area contributed by atoms with Crippen LogP contribution in [0.3, 0.4) is 0 Å². The lowest BCUT2D eigenvalue weighted by molar-refractivity contribution is 0.201. The molecule has 0 aliphatic heterocycles. The van der Waals surface area contributed by atoms with Gasteiger partial charge in [-0.25, -0.2) is 4.79 Å². The molecule has 3 nitrogen and oxygen atoms in total. The molecule has 0 aromatic heterocycles. The van der Waals surface area contributed by atoms with Gasteiger partial charge in [-0.15, -0.1) is 0 Å². The summed E-state index contributed by atoms with van der Waals surface area (Å²) >= 11 is 16.1. The first kappa shape index (κ1) is 16.3. The Morgan fingerprint density at radius 1 is 1.39 bits per heavy atom. The van der Waals surface area contributed by atoms with Gasteiger partial charge in [0, 0.05) is 15.5 Å². The summed E-state index contributed by atoms with van der Waals surface area (Å²) in [5, 5.41) is 9.75. The Kier molecular flexibility index (Phi) is 6.44. The Hall–Kier alpha value is 0.220. The lowest BCUT2D eigenvalue weighted by Crippen LogP contribution is -2.30. The van der Waals surface area contributed by atoms with E-state index in [0.717, 1.165) is 12.8 Å². The summed E-state index contributed by atoms with van der Waals surface area (Å²) in [4.78, 5) is 12.6. The van der Waals surface area contributed by atoms with Crippen LogP contribution in [0.4, 0.5) is 10.5 Å². The number of rotatable bonds is 4. The van der Waals surface area contributed by atoms with E-state index in [1.54, 1.807) is 6.07 Å². The fraction of sp³-hybridized carbons (Fsp3) is 0.364. The molecule has 1 aromatic carbocycles. The summed E-state index contributed by atoms with van der Waals surface area (Å²) in [7, 11) is 0. The largest absolute Gasteiger partial charge is 0.465 e. The van der Waals surface area contributed by atoms with Crippen molar-refractivity contribution < 1.29 is 9.90 Å². The van der Waals surface area contributed by atoms with Crippen molar-refractivity contribution >= 4 is 71.2 Å². The van der Waals surface area contributed by atoms with Crippen LogP contribution in [-0.4, -0.2) is 17.7 Å². The van der Waals surface area contributed by atoms with Gasteiger partial charge in [-0.2, -0.15) is 0 Å². The summed E-state index contributed by atoms with van der Waals surface area (Å²) in [5.74, 6) is 0. The number of anilines is 1. The molecule has 7 heteroatoms. The van der Waals surface area contributed by atoms with Crippen LogP contribution >= 0.6 is 59.4 Å². The molecule has 1 aromatic rings. The van der Waals surface area contributed by atoms with Crippen molar-refractivity contribution in [3.8, 4) is 0 Å². The van der Waals surface area contributed by atoms with Crippen LogP contribution < -0.4 is 4.90 Å². The van der Waals surface area contributed by atoms with Crippen LogP contribution in [0, 0.1) is 0 Å². The Labute approximate surface area is 136 Å². The van der Waals surface area contributed by atoms with Gasteiger partial charge in [0.25, 0.3) is 0 Å². The molecule has 0 heterocycles. The highest BCUT2D eigenvalue weighted by molar-refractivity contribution is 9.11. The minimum atomic E-state index is -0.997. The Morgan fingerprint density at radius 2 is 2.00 bits per heavy atom. The first-order chi connectivity index (χ1) is 8.40. The second-order valence-electron chi connectivity index (χ2n) is 3.60. The highest BCUT2D eigenvalue weighted by Gasteiger charge is 2.22. The van der Waals surface area contributed by atoms with Crippen LogP contribution in [0.5, 0.6) is 0 Å². The minimum Gasteiger partial charge on any atom is -0.465 e. The molecule has 0 atom stereocenters. The third-order valence-corrected chi connectivity index (χ3v) is 5.18. The summed E-state index contributed by atoms with van der Waals surface area (Å²) < 4.78 is 1.93. The van der Waals surface area contributed by atoms with Crippen molar-refractivity contribution in [1.82, 2.24) is 0 Å². The molecule has 0 fully saturated rings. The number of hydrogen-bond donors (Lipinski definition) is 1. The van der Waals surface area contributed by atoms with Crippen molar-refractivity contribution in [1.29, 1.82) is 0 Å². The van der Waals surface area contributed by atoms with Gasteiger partial charge in [-0.05, 0) is 60.3 Å². The third kappa shape index (κ3) is 3.62. The number of unbranched alkanes of at least 4 members (excludes halogenated alkanes) is 1. The zero-order chi connectivity index (χ0) is 13.9. The first-order valence-corrected chi connectivity index (χ1v) is 7.99. The number of carbonyl (C=O) groups is 1. The standard InChI is InChI=1S/C11H11Br3ClNO2/c1-2-3-4-16(11(17)18)10-7(13)5-6(12)9(15)8(10)14/h5H,2-4H2,1H3,(H,17,18). The molecule has 0 saturated heterocycles. The highest BCUT2D eigenvalue weighted by Crippen LogP contribution is 2.43. The molecule has 1 N–H and O–H groups in total. The zero-order valence-corrected chi connectivity index (χ0v) is 15.0. The second kappa shape index (κ2) is 7.12. The lowest BCUT2D eigenvalue weighted by Gasteiger charge is -2.22. The summed E-state index contributed by atoms with van der Waals surface area (Å²) in [6, 6.07) is 1.74. The quantitative estimate of drug-likeness (QED) is 0.445. The number of hydrogen-bond acceptors (Lipinski definition) is 1. The van der Waals surface area contributed by atoms with E-state index in [2.05, 4.69) is 47.8 Å².